The minimum Gasteiger partial charge on any atom is -0.394 e. The number of aliphatic hydroxyl groups excluding tert-OH is 1. The highest BCUT2D eigenvalue weighted by molar-refractivity contribution is 5.36. The number of fused-ring (bicyclic) bond motifs is 1. The maximum atomic E-state index is 9.50. The van der Waals surface area contributed by atoms with E-state index < -0.39 is 0 Å². The van der Waals surface area contributed by atoms with E-state index in [2.05, 4.69) is 37.3 Å². The molecule has 1 fully saturated rings. The minimum atomic E-state index is -0.371. The Balaban J connectivity index is 1.52. The second-order valence-electron chi connectivity index (χ2n) is 8.30. The molecule has 1 unspecified atom stereocenters. The van der Waals surface area contributed by atoms with Crippen molar-refractivity contribution in [3.8, 4) is 0 Å². The van der Waals surface area contributed by atoms with Gasteiger partial charge in [0.1, 0.15) is 0 Å². The Hall–Kier alpha value is -1.16. The van der Waals surface area contributed by atoms with Gasteiger partial charge in [0.05, 0.1) is 19.3 Å². The highest BCUT2D eigenvalue weighted by Crippen LogP contribution is 2.40. The van der Waals surface area contributed by atoms with E-state index in [9.17, 15) is 5.11 Å². The zero-order valence-corrected chi connectivity index (χ0v) is 16.3. The van der Waals surface area contributed by atoms with Gasteiger partial charge in [-0.2, -0.15) is 0 Å². The summed E-state index contributed by atoms with van der Waals surface area (Å²) < 4.78 is 6.06. The van der Waals surface area contributed by atoms with Crippen molar-refractivity contribution in [3.63, 3.8) is 0 Å². The van der Waals surface area contributed by atoms with Crippen molar-refractivity contribution >= 4 is 0 Å². The van der Waals surface area contributed by atoms with E-state index in [-0.39, 0.29) is 12.1 Å². The van der Waals surface area contributed by atoms with E-state index in [0.717, 1.165) is 51.6 Å². The van der Waals surface area contributed by atoms with E-state index in [0.29, 0.717) is 12.0 Å². The van der Waals surface area contributed by atoms with Crippen LogP contribution in [0.15, 0.2) is 30.4 Å². The number of hydrogen-bond acceptors (Lipinski definition) is 3. The Morgan fingerprint density at radius 1 is 1.27 bits per heavy atom. The molecule has 0 bridgehead atoms. The molecule has 2 aliphatic rings. The van der Waals surface area contributed by atoms with Gasteiger partial charge in [0.15, 0.2) is 0 Å². The van der Waals surface area contributed by atoms with E-state index in [4.69, 9.17) is 10.5 Å². The van der Waals surface area contributed by atoms with Gasteiger partial charge in [-0.3, -0.25) is 0 Å². The Morgan fingerprint density at radius 2 is 2.15 bits per heavy atom. The number of benzene rings is 1. The molecule has 3 nitrogen and oxygen atoms in total. The Bertz CT molecular complexity index is 612. The summed E-state index contributed by atoms with van der Waals surface area (Å²) in [5, 5.41) is 9.50. The minimum absolute atomic E-state index is 0.0976. The number of nitrogens with two attached hydrogens (primary N) is 1. The van der Waals surface area contributed by atoms with Crippen LogP contribution in [0.2, 0.25) is 0 Å². The van der Waals surface area contributed by atoms with Crippen molar-refractivity contribution in [2.24, 2.45) is 5.73 Å². The Labute approximate surface area is 158 Å². The molecule has 1 saturated carbocycles. The SMILES string of the molecule is CCCC/C=C\COC1CCc2cc([C@H]3CC[C@](N)(CO)C3)ccc2C1. The zero-order valence-electron chi connectivity index (χ0n) is 16.3. The lowest BCUT2D eigenvalue weighted by atomic mass is 9.85. The Kier molecular flexibility index (Phi) is 6.91. The lowest BCUT2D eigenvalue weighted by Gasteiger charge is -2.26. The molecule has 3 rings (SSSR count). The quantitative estimate of drug-likeness (QED) is 0.540. The van der Waals surface area contributed by atoms with Gasteiger partial charge in [0.25, 0.3) is 0 Å². The molecule has 3 heteroatoms. The molecule has 0 radical (unpaired) electrons. The van der Waals surface area contributed by atoms with Crippen molar-refractivity contribution in [1.29, 1.82) is 0 Å². The van der Waals surface area contributed by atoms with Crippen LogP contribution in [-0.4, -0.2) is 30.0 Å². The lowest BCUT2D eigenvalue weighted by Crippen LogP contribution is -2.40. The molecule has 0 heterocycles. The summed E-state index contributed by atoms with van der Waals surface area (Å²) in [5.41, 5.74) is 10.2. The maximum Gasteiger partial charge on any atom is 0.0651 e. The summed E-state index contributed by atoms with van der Waals surface area (Å²) in [6.45, 7) is 3.06. The molecule has 1 aromatic carbocycles. The van der Waals surface area contributed by atoms with E-state index >= 15 is 0 Å². The molecule has 2 aliphatic carbocycles. The molecule has 3 atom stereocenters. The summed E-state index contributed by atoms with van der Waals surface area (Å²) in [5.74, 6) is 0.500. The fraction of sp³-hybridized carbons (Fsp3) is 0.652. The average molecular weight is 358 g/mol. The van der Waals surface area contributed by atoms with Crippen LogP contribution in [0.3, 0.4) is 0 Å². The van der Waals surface area contributed by atoms with Gasteiger partial charge < -0.3 is 15.6 Å². The first-order chi connectivity index (χ1) is 12.6. The number of ether oxygens (including phenoxy) is 1. The molecule has 0 spiro atoms. The van der Waals surface area contributed by atoms with E-state index in [1.165, 1.54) is 29.5 Å². The monoisotopic (exact) mass is 357 g/mol. The first kappa shape index (κ1) is 19.6. The molecular weight excluding hydrogens is 322 g/mol. The summed E-state index contributed by atoms with van der Waals surface area (Å²) in [4.78, 5) is 0. The average Bonchev–Trinajstić information content (AvgIpc) is 3.07. The van der Waals surface area contributed by atoms with Crippen LogP contribution in [0.25, 0.3) is 0 Å². The summed E-state index contributed by atoms with van der Waals surface area (Å²) in [7, 11) is 0. The third-order valence-electron chi connectivity index (χ3n) is 6.16. The molecule has 3 N–H and O–H groups in total. The van der Waals surface area contributed by atoms with Crippen molar-refractivity contribution in [2.45, 2.75) is 82.3 Å². The standard InChI is InChI=1S/C23H35NO2/c1-2-3-4-5-6-13-26-22-10-9-18-14-19(7-8-20(18)15-22)21-11-12-23(24,16-21)17-25/h5-8,14,21-22,25H,2-4,9-13,15-17,24H2,1H3/b6-5-/t21-,22?,23+/m0/s1. The van der Waals surface area contributed by atoms with Gasteiger partial charge in [0.2, 0.25) is 0 Å². The van der Waals surface area contributed by atoms with Gasteiger partial charge in [-0.05, 0) is 67.6 Å². The van der Waals surface area contributed by atoms with Crippen LogP contribution in [0.4, 0.5) is 0 Å². The highest BCUT2D eigenvalue weighted by Gasteiger charge is 2.36. The van der Waals surface area contributed by atoms with Crippen molar-refractivity contribution in [3.05, 3.63) is 47.0 Å². The number of allylic oxidation sites excluding steroid dienone is 1. The highest BCUT2D eigenvalue weighted by atomic mass is 16.5. The number of hydrogen-bond donors (Lipinski definition) is 2. The molecule has 0 amide bonds. The van der Waals surface area contributed by atoms with Crippen LogP contribution in [0, 0.1) is 0 Å². The van der Waals surface area contributed by atoms with Gasteiger partial charge in [-0.15, -0.1) is 0 Å². The van der Waals surface area contributed by atoms with Crippen molar-refractivity contribution in [2.75, 3.05) is 13.2 Å². The number of rotatable bonds is 8. The first-order valence-electron chi connectivity index (χ1n) is 10.4. The number of aryl methyl sites for hydroxylation is 1. The van der Waals surface area contributed by atoms with Crippen LogP contribution in [0.5, 0.6) is 0 Å². The molecule has 0 aliphatic heterocycles. The van der Waals surface area contributed by atoms with Gasteiger partial charge in [-0.1, -0.05) is 50.1 Å². The summed E-state index contributed by atoms with van der Waals surface area (Å²) in [6.07, 6.45) is 14.6. The number of unbranched alkanes of at least 4 members (excludes halogenated alkanes) is 2. The van der Waals surface area contributed by atoms with E-state index in [1.807, 2.05) is 0 Å². The third-order valence-corrected chi connectivity index (χ3v) is 6.16. The molecule has 26 heavy (non-hydrogen) atoms. The fourth-order valence-corrected chi connectivity index (χ4v) is 4.42. The zero-order chi connectivity index (χ0) is 18.4. The molecule has 0 saturated heterocycles. The second-order valence-corrected chi connectivity index (χ2v) is 8.30. The van der Waals surface area contributed by atoms with Gasteiger partial charge in [0, 0.05) is 5.54 Å². The first-order valence-corrected chi connectivity index (χ1v) is 10.4. The topological polar surface area (TPSA) is 55.5 Å². The third kappa shape index (κ3) is 4.97. The Morgan fingerprint density at radius 3 is 2.92 bits per heavy atom. The smallest absolute Gasteiger partial charge is 0.0651 e. The fourth-order valence-electron chi connectivity index (χ4n) is 4.42. The molecular formula is C23H35NO2. The largest absolute Gasteiger partial charge is 0.394 e. The summed E-state index contributed by atoms with van der Waals surface area (Å²) in [6, 6.07) is 6.97. The predicted molar refractivity (Wildman–Crippen MR) is 107 cm³/mol. The summed E-state index contributed by atoms with van der Waals surface area (Å²) >= 11 is 0. The van der Waals surface area contributed by atoms with Crippen LogP contribution in [0.1, 0.15) is 74.5 Å². The van der Waals surface area contributed by atoms with Gasteiger partial charge in [-0.25, -0.2) is 0 Å². The normalized spacial score (nSPS) is 28.6. The van der Waals surface area contributed by atoms with Crippen LogP contribution < -0.4 is 5.73 Å². The van der Waals surface area contributed by atoms with Crippen molar-refractivity contribution in [1.82, 2.24) is 0 Å². The molecule has 1 aromatic rings. The maximum absolute atomic E-state index is 9.50. The van der Waals surface area contributed by atoms with Gasteiger partial charge >= 0.3 is 0 Å². The number of aliphatic hydroxyl groups is 1. The molecule has 144 valence electrons. The lowest BCUT2D eigenvalue weighted by molar-refractivity contribution is 0.0641. The van der Waals surface area contributed by atoms with Crippen LogP contribution >= 0.6 is 0 Å². The molecule has 0 aromatic heterocycles. The predicted octanol–water partition coefficient (Wildman–Crippen LogP) is 4.26. The van der Waals surface area contributed by atoms with Crippen LogP contribution in [-0.2, 0) is 17.6 Å². The second kappa shape index (κ2) is 9.16. The van der Waals surface area contributed by atoms with Crippen molar-refractivity contribution < 1.29 is 9.84 Å². The van der Waals surface area contributed by atoms with E-state index in [1.54, 1.807) is 0 Å².